The van der Waals surface area contributed by atoms with E-state index in [9.17, 15) is 19.5 Å². The Balaban J connectivity index is 0.00000408. The fourth-order valence-corrected chi connectivity index (χ4v) is 4.33. The first-order valence-electron chi connectivity index (χ1n) is 11.5. The Morgan fingerprint density at radius 2 is 1.74 bits per heavy atom. The van der Waals surface area contributed by atoms with E-state index < -0.39 is 24.0 Å². The van der Waals surface area contributed by atoms with Crippen LogP contribution in [0.2, 0.25) is 0 Å². The number of benzene rings is 2. The van der Waals surface area contributed by atoms with Gasteiger partial charge in [0.1, 0.15) is 12.6 Å². The monoisotopic (exact) mass is 488 g/mol. The summed E-state index contributed by atoms with van der Waals surface area (Å²) in [5.41, 5.74) is 2.17. The van der Waals surface area contributed by atoms with Crippen LogP contribution in [0.3, 0.4) is 0 Å². The molecule has 0 saturated carbocycles. The number of hydrogen-bond acceptors (Lipinski definition) is 5. The summed E-state index contributed by atoms with van der Waals surface area (Å²) in [5, 5.41) is 12.6. The number of carboxylic acids is 1. The maximum absolute atomic E-state index is 13.3. The Morgan fingerprint density at radius 3 is 2.35 bits per heavy atom. The summed E-state index contributed by atoms with van der Waals surface area (Å²) in [6.45, 7) is 1.97. The number of ether oxygens (including phenoxy) is 1. The Labute approximate surface area is 206 Å². The number of carbonyl (C=O) groups excluding carboxylic acids is 2. The zero-order valence-corrected chi connectivity index (χ0v) is 20.2. The number of carboxylic acid groups (broad SMARTS) is 1. The van der Waals surface area contributed by atoms with E-state index in [2.05, 4.69) is 5.32 Å². The third kappa shape index (κ3) is 7.85. The summed E-state index contributed by atoms with van der Waals surface area (Å²) in [7, 11) is 0. The Bertz CT molecular complexity index is 925. The third-order valence-corrected chi connectivity index (χ3v) is 5.99. The fourth-order valence-electron chi connectivity index (χ4n) is 4.33. The summed E-state index contributed by atoms with van der Waals surface area (Å²) >= 11 is 0. The number of amides is 1. The Hall–Kier alpha value is -2.90. The van der Waals surface area contributed by atoms with Crippen LogP contribution in [-0.2, 0) is 25.5 Å². The van der Waals surface area contributed by atoms with Crippen LogP contribution in [-0.4, -0.2) is 59.6 Å². The fraction of sp³-hybridized carbons (Fsp3) is 0.423. The van der Waals surface area contributed by atoms with Crippen molar-refractivity contribution in [2.75, 3.05) is 19.7 Å². The number of aliphatic carboxylic acids is 1. The molecule has 184 valence electrons. The molecule has 0 bridgehead atoms. The first-order chi connectivity index (χ1) is 16.0. The summed E-state index contributed by atoms with van der Waals surface area (Å²) < 4.78 is 5.26. The van der Waals surface area contributed by atoms with E-state index in [0.717, 1.165) is 11.1 Å². The highest BCUT2D eigenvalue weighted by atomic mass is 35.5. The van der Waals surface area contributed by atoms with Crippen LogP contribution in [0.25, 0.3) is 0 Å². The number of nitrogens with one attached hydrogen (secondary N) is 1. The van der Waals surface area contributed by atoms with Crippen LogP contribution in [0.5, 0.6) is 0 Å². The van der Waals surface area contributed by atoms with Gasteiger partial charge in [-0.15, -0.1) is 12.4 Å². The highest BCUT2D eigenvalue weighted by Gasteiger charge is 2.35. The first kappa shape index (κ1) is 27.3. The van der Waals surface area contributed by atoms with E-state index in [1.54, 1.807) is 6.92 Å². The molecule has 8 heteroatoms. The van der Waals surface area contributed by atoms with Crippen LogP contribution >= 0.6 is 12.4 Å². The lowest BCUT2D eigenvalue weighted by Gasteiger charge is -2.27. The van der Waals surface area contributed by atoms with Gasteiger partial charge < -0.3 is 14.7 Å². The molecule has 0 spiro atoms. The molecular weight excluding hydrogens is 456 g/mol. The van der Waals surface area contributed by atoms with Gasteiger partial charge in [0.05, 0.1) is 12.6 Å². The van der Waals surface area contributed by atoms with Gasteiger partial charge in [-0.05, 0) is 43.7 Å². The van der Waals surface area contributed by atoms with Gasteiger partial charge in [0, 0.05) is 12.5 Å². The van der Waals surface area contributed by atoms with Crippen molar-refractivity contribution in [3.63, 3.8) is 0 Å². The molecule has 1 aliphatic heterocycles. The van der Waals surface area contributed by atoms with Crippen molar-refractivity contribution in [1.29, 1.82) is 0 Å². The van der Waals surface area contributed by atoms with Crippen molar-refractivity contribution in [3.8, 4) is 0 Å². The number of esters is 1. The molecule has 2 aromatic rings. The molecule has 7 nitrogen and oxygen atoms in total. The van der Waals surface area contributed by atoms with Crippen LogP contribution < -0.4 is 5.32 Å². The van der Waals surface area contributed by atoms with Crippen LogP contribution in [0, 0.1) is 0 Å². The number of halogens is 1. The maximum Gasteiger partial charge on any atom is 0.323 e. The van der Waals surface area contributed by atoms with Gasteiger partial charge in [0.25, 0.3) is 0 Å². The highest BCUT2D eigenvalue weighted by molar-refractivity contribution is 5.86. The van der Waals surface area contributed by atoms with E-state index in [-0.39, 0.29) is 37.4 Å². The van der Waals surface area contributed by atoms with E-state index in [4.69, 9.17) is 4.74 Å². The van der Waals surface area contributed by atoms with Gasteiger partial charge in [-0.2, -0.15) is 0 Å². The van der Waals surface area contributed by atoms with Crippen molar-refractivity contribution < 1.29 is 24.2 Å². The number of hydrogen-bond donors (Lipinski definition) is 2. The van der Waals surface area contributed by atoms with E-state index in [1.807, 2.05) is 60.7 Å². The number of nitrogens with zero attached hydrogens (tertiary/aromatic N) is 1. The number of likely N-dealkylation sites (tertiary alicyclic amines) is 1. The topological polar surface area (TPSA) is 95.9 Å². The van der Waals surface area contributed by atoms with E-state index >= 15 is 0 Å². The number of rotatable bonds is 10. The van der Waals surface area contributed by atoms with Crippen LogP contribution in [0.15, 0.2) is 60.7 Å². The second-order valence-corrected chi connectivity index (χ2v) is 8.35. The van der Waals surface area contributed by atoms with Crippen LogP contribution in [0.1, 0.15) is 43.2 Å². The van der Waals surface area contributed by atoms with Gasteiger partial charge in [-0.3, -0.25) is 19.7 Å². The predicted octanol–water partition coefficient (Wildman–Crippen LogP) is 3.42. The standard InChI is InChI=1S/C26H32N2O5.ClH/c1-2-33-26(32)23(15-13-19-9-5-3-6-10-19)27-22-16-14-21(20-11-7-4-8-12-20)17-28(25(22)31)18-24(29)30;/h3-12,21-23,27H,2,13-18H2,1H3,(H,29,30);1H/t21?,22?,23-;/m0./s1. The molecule has 1 fully saturated rings. The molecule has 0 aliphatic carbocycles. The lowest BCUT2D eigenvalue weighted by atomic mass is 9.93. The molecule has 1 saturated heterocycles. The smallest absolute Gasteiger partial charge is 0.323 e. The van der Waals surface area contributed by atoms with Gasteiger partial charge in [-0.25, -0.2) is 0 Å². The quantitative estimate of drug-likeness (QED) is 0.497. The van der Waals surface area contributed by atoms with Crippen molar-refractivity contribution in [1.82, 2.24) is 10.2 Å². The first-order valence-corrected chi connectivity index (χ1v) is 11.5. The minimum atomic E-state index is -1.05. The minimum Gasteiger partial charge on any atom is -0.480 e. The molecule has 1 amide bonds. The molecule has 34 heavy (non-hydrogen) atoms. The molecule has 1 aliphatic rings. The van der Waals surface area contributed by atoms with Gasteiger partial charge in [0.2, 0.25) is 5.91 Å². The zero-order valence-electron chi connectivity index (χ0n) is 19.4. The Morgan fingerprint density at radius 1 is 1.09 bits per heavy atom. The van der Waals surface area contributed by atoms with Crippen molar-refractivity contribution >= 4 is 30.3 Å². The van der Waals surface area contributed by atoms with E-state index in [0.29, 0.717) is 32.2 Å². The van der Waals surface area contributed by atoms with Crippen molar-refractivity contribution in [3.05, 3.63) is 71.8 Å². The predicted molar refractivity (Wildman–Crippen MR) is 132 cm³/mol. The minimum absolute atomic E-state index is 0. The van der Waals surface area contributed by atoms with Crippen molar-refractivity contribution in [2.24, 2.45) is 0 Å². The molecule has 2 N–H and O–H groups in total. The second-order valence-electron chi connectivity index (χ2n) is 8.35. The van der Waals surface area contributed by atoms with Gasteiger partial charge in [-0.1, -0.05) is 60.7 Å². The molecule has 3 rings (SSSR count). The maximum atomic E-state index is 13.3. The average Bonchev–Trinajstić information content (AvgIpc) is 2.96. The molecule has 1 heterocycles. The van der Waals surface area contributed by atoms with E-state index in [1.165, 1.54) is 4.90 Å². The molecule has 2 unspecified atom stereocenters. The summed E-state index contributed by atoms with van der Waals surface area (Å²) in [4.78, 5) is 38.8. The van der Waals surface area contributed by atoms with Crippen LogP contribution in [0.4, 0.5) is 0 Å². The SMILES string of the molecule is CCOC(=O)[C@H](CCc1ccccc1)NC1CCC(c2ccccc2)CN(CC(=O)O)C1=O.Cl. The number of aryl methyl sites for hydroxylation is 1. The third-order valence-electron chi connectivity index (χ3n) is 5.99. The van der Waals surface area contributed by atoms with Crippen molar-refractivity contribution in [2.45, 2.75) is 50.6 Å². The summed E-state index contributed by atoms with van der Waals surface area (Å²) in [6, 6.07) is 18.4. The largest absolute Gasteiger partial charge is 0.480 e. The normalized spacial score (nSPS) is 19.0. The lowest BCUT2D eigenvalue weighted by molar-refractivity contribution is -0.148. The number of carbonyl (C=O) groups is 3. The van der Waals surface area contributed by atoms with Gasteiger partial charge >= 0.3 is 11.9 Å². The molecular formula is C26H33ClN2O5. The zero-order chi connectivity index (χ0) is 23.6. The molecule has 3 atom stereocenters. The molecule has 0 aromatic heterocycles. The summed E-state index contributed by atoms with van der Waals surface area (Å²) in [5.74, 6) is -1.70. The summed E-state index contributed by atoms with van der Waals surface area (Å²) in [6.07, 6.45) is 2.35. The molecule has 0 radical (unpaired) electrons. The average molecular weight is 489 g/mol. The molecule has 2 aromatic carbocycles. The highest BCUT2D eigenvalue weighted by Crippen LogP contribution is 2.27. The second kappa shape index (κ2) is 13.7. The van der Waals surface area contributed by atoms with Gasteiger partial charge in [0.15, 0.2) is 0 Å². The Kier molecular flexibility index (Phi) is 11.0. The lowest BCUT2D eigenvalue weighted by Crippen LogP contribution is -2.52.